The van der Waals surface area contributed by atoms with Crippen molar-refractivity contribution >= 4 is 67.1 Å². The third kappa shape index (κ3) is 321. The number of rotatable bonds is 0. The molecule has 0 fully saturated rings. The molecule has 0 atom stereocenters. The van der Waals surface area contributed by atoms with Crippen LogP contribution < -0.4 is 14.7 Å². The van der Waals surface area contributed by atoms with E-state index < -0.39 is 18.2 Å². The monoisotopic (exact) mass is 394 g/mol. The molecule has 0 amide bonds. The average molecular weight is 395 g/mol. The summed E-state index contributed by atoms with van der Waals surface area (Å²) in [6.07, 6.45) is 0. The molecule has 0 saturated carbocycles. The zero-order valence-corrected chi connectivity index (χ0v) is 14.7. The van der Waals surface area contributed by atoms with Crippen LogP contribution in [0.1, 0.15) is 0 Å². The van der Waals surface area contributed by atoms with E-state index in [1.807, 2.05) is 0 Å². The van der Waals surface area contributed by atoms with E-state index in [1.54, 1.807) is 0 Å². The van der Waals surface area contributed by atoms with Crippen molar-refractivity contribution in [3.05, 3.63) is 0 Å². The molecule has 0 aromatic rings. The Morgan fingerprint density at radius 1 is 1.17 bits per heavy atom. The topological polar surface area (TPSA) is 164 Å². The first kappa shape index (κ1) is 23.8. The van der Waals surface area contributed by atoms with E-state index in [0.29, 0.717) is 0 Å². The van der Waals surface area contributed by atoms with Crippen LogP contribution in [-0.2, 0) is 34.4 Å². The Hall–Kier alpha value is 2.17. The van der Waals surface area contributed by atoms with Gasteiger partial charge in [0.25, 0.3) is 0 Å². The summed E-state index contributed by atoms with van der Waals surface area (Å²) < 4.78 is 41.4. The largest absolute Gasteiger partial charge is 2.00 e. The Kier molecular flexibility index (Phi) is 19.2. The molecule has 0 rings (SSSR count). The van der Waals surface area contributed by atoms with E-state index in [0.717, 1.165) is 0 Å². The Bertz CT molecular complexity index is 197. The van der Waals surface area contributed by atoms with Gasteiger partial charge < -0.3 is 23.8 Å². The van der Waals surface area contributed by atoms with Gasteiger partial charge in [-0.3, -0.25) is 4.55 Å². The van der Waals surface area contributed by atoms with Crippen LogP contribution in [0.25, 0.3) is 0 Å². The molecule has 1 N–H and O–H groups in total. The van der Waals surface area contributed by atoms with Gasteiger partial charge in [-0.2, -0.15) is 7.82 Å². The van der Waals surface area contributed by atoms with E-state index in [2.05, 4.69) is 0 Å². The molecule has 0 radical (unpaired) electrons. The van der Waals surface area contributed by atoms with Gasteiger partial charge in [0.05, 0.1) is 0 Å². The van der Waals surface area contributed by atoms with Crippen molar-refractivity contribution < 1.29 is 56.2 Å². The van der Waals surface area contributed by atoms with Crippen molar-refractivity contribution in [3.8, 4) is 0 Å². The van der Waals surface area contributed by atoms with Gasteiger partial charge >= 0.3 is 68.4 Å². The van der Waals surface area contributed by atoms with Crippen molar-refractivity contribution in [1.29, 1.82) is 0 Å². The normalized spacial score (nSPS) is 9.75. The van der Waals surface area contributed by atoms with Gasteiger partial charge in [0, 0.05) is 0 Å². The smallest absolute Gasteiger partial charge is 0.822 e. The van der Waals surface area contributed by atoms with Crippen LogP contribution in [-0.4, -0.2) is 66.4 Å². The molecule has 64 valence electrons. The molecular formula is HBaO8PSZn. The Balaban J connectivity index is -0.0000000457. The summed E-state index contributed by atoms with van der Waals surface area (Å²) in [5.41, 5.74) is 0. The second kappa shape index (κ2) is 9.72. The van der Waals surface area contributed by atoms with Crippen molar-refractivity contribution in [2.45, 2.75) is 0 Å². The van der Waals surface area contributed by atoms with E-state index in [-0.39, 0.29) is 68.4 Å². The molecule has 0 spiro atoms. The zero-order chi connectivity index (χ0) is 9.00. The molecule has 0 saturated heterocycles. The van der Waals surface area contributed by atoms with Crippen LogP contribution >= 0.6 is 7.82 Å². The Labute approximate surface area is 121 Å². The van der Waals surface area contributed by atoms with Crippen LogP contribution in [0.15, 0.2) is 0 Å². The minimum atomic E-state index is -5.39. The number of phosphoric acid groups is 1. The van der Waals surface area contributed by atoms with Crippen LogP contribution in [0.5, 0.6) is 0 Å². The predicted molar refractivity (Wildman–Crippen MR) is 25.7 cm³/mol. The standard InChI is InChI=1S/Ba.H3O4P.H2O4S.Zn/c;2*1-5(2,3)4;/h;(H3,1,2,3,4);(H2,1,2,3,4);/q+2;;;+2/p-4. The van der Waals surface area contributed by atoms with Crippen molar-refractivity contribution in [2.24, 2.45) is 0 Å². The summed E-state index contributed by atoms with van der Waals surface area (Å²) in [4.78, 5) is 25.6. The third-order valence-electron chi connectivity index (χ3n) is 0. The molecule has 0 aliphatic rings. The van der Waals surface area contributed by atoms with Crippen LogP contribution in [0.2, 0.25) is 0 Å². The van der Waals surface area contributed by atoms with Crippen LogP contribution in [0.4, 0.5) is 0 Å². The molecule has 0 aromatic heterocycles. The molecule has 12 heavy (non-hydrogen) atoms. The summed E-state index contributed by atoms with van der Waals surface area (Å²) in [5, 5.41) is 0. The first-order chi connectivity index (χ1) is 4.00. The van der Waals surface area contributed by atoms with E-state index >= 15 is 0 Å². The molecule has 0 aliphatic carbocycles. The molecule has 0 aromatic carbocycles. The molecule has 0 aliphatic heterocycles. The maximum Gasteiger partial charge on any atom is 2.00 e. The van der Waals surface area contributed by atoms with E-state index in [1.165, 1.54) is 0 Å². The summed E-state index contributed by atoms with van der Waals surface area (Å²) in [5.74, 6) is 0. The summed E-state index contributed by atoms with van der Waals surface area (Å²) in [7, 11) is -10.3. The fourth-order valence-electron chi connectivity index (χ4n) is 0. The predicted octanol–water partition coefficient (Wildman–Crippen LogP) is -4.20. The fourth-order valence-corrected chi connectivity index (χ4v) is 0. The third-order valence-corrected chi connectivity index (χ3v) is 0. The maximum absolute atomic E-state index is 8.63. The second-order valence-corrected chi connectivity index (χ2v) is 2.62. The zero-order valence-electron chi connectivity index (χ0n) is 5.57. The minimum Gasteiger partial charge on any atom is -0.822 e. The summed E-state index contributed by atoms with van der Waals surface area (Å²) >= 11 is 0. The van der Waals surface area contributed by atoms with Crippen LogP contribution in [0.3, 0.4) is 0 Å². The Morgan fingerprint density at radius 3 is 1.17 bits per heavy atom. The summed E-state index contributed by atoms with van der Waals surface area (Å²) in [6, 6.07) is 0. The number of hydrogen-bond donors (Lipinski definition) is 1. The van der Waals surface area contributed by atoms with Gasteiger partial charge in [0.1, 0.15) is 0 Å². The van der Waals surface area contributed by atoms with Gasteiger partial charge in [-0.15, -0.1) is 0 Å². The Morgan fingerprint density at radius 2 is 1.17 bits per heavy atom. The first-order valence-corrected chi connectivity index (χ1v) is 4.24. The molecule has 0 unspecified atom stereocenters. The van der Waals surface area contributed by atoms with Gasteiger partial charge in [-0.05, 0) is 0 Å². The van der Waals surface area contributed by atoms with Crippen molar-refractivity contribution in [1.82, 2.24) is 0 Å². The molecule has 8 nitrogen and oxygen atoms in total. The summed E-state index contributed by atoms with van der Waals surface area (Å²) in [6.45, 7) is 0. The van der Waals surface area contributed by atoms with Gasteiger partial charge in [-0.1, -0.05) is 0 Å². The van der Waals surface area contributed by atoms with E-state index in [9.17, 15) is 0 Å². The fraction of sp³-hybridized carbons (Fsp3) is 0. The maximum atomic E-state index is 8.63. The molecule has 12 heteroatoms. The minimum absolute atomic E-state index is 0. The molecule has 0 bridgehead atoms. The quantitative estimate of drug-likeness (QED) is 0.187. The van der Waals surface area contributed by atoms with Crippen LogP contribution in [0, 0.1) is 0 Å². The second-order valence-electron chi connectivity index (χ2n) is 0.875. The first-order valence-electron chi connectivity index (χ1n) is 1.41. The van der Waals surface area contributed by atoms with Crippen molar-refractivity contribution in [3.63, 3.8) is 0 Å². The SMILES string of the molecule is O=P([O-])([O-])[O-].O=S(=O)([O-])O.[Ba+2].[Zn+2]. The van der Waals surface area contributed by atoms with E-state index in [4.69, 9.17) is 36.8 Å². The molecular weight excluding hydrogens is 394 g/mol. The average Bonchev–Trinajstić information content (AvgIpc) is 1.12. The van der Waals surface area contributed by atoms with Gasteiger partial charge in [0.2, 0.25) is 10.4 Å². The van der Waals surface area contributed by atoms with Crippen molar-refractivity contribution in [2.75, 3.05) is 0 Å². The molecule has 0 heterocycles. The van der Waals surface area contributed by atoms with Gasteiger partial charge in [-0.25, -0.2) is 8.42 Å². The van der Waals surface area contributed by atoms with Gasteiger partial charge in [0.15, 0.2) is 0 Å². The number of hydrogen-bond acceptors (Lipinski definition) is 7.